The number of hydrogen-bond donors (Lipinski definition) is 0. The Labute approximate surface area is 107 Å². The molecular weight excluding hydrogens is 230 g/mol. The van der Waals surface area contributed by atoms with Crippen molar-refractivity contribution in [2.75, 3.05) is 13.2 Å². The number of carbonyl (C=O) groups excluding carboxylic acids is 1. The summed E-state index contributed by atoms with van der Waals surface area (Å²) < 4.78 is 5.54. The van der Waals surface area contributed by atoms with Gasteiger partial charge in [0.2, 0.25) is 0 Å². The molecule has 1 atom stereocenters. The van der Waals surface area contributed by atoms with Gasteiger partial charge in [-0.05, 0) is 12.0 Å². The number of oxime groups is 1. The Morgan fingerprint density at radius 1 is 1.44 bits per heavy atom. The number of nitrogens with zero attached hydrogens (tertiary/aromatic N) is 1. The van der Waals surface area contributed by atoms with E-state index in [1.165, 1.54) is 12.5 Å². The minimum Gasteiger partial charge on any atom is -0.389 e. The molecule has 0 radical (unpaired) electrons. The molecule has 96 valence electrons. The first kappa shape index (κ1) is 12.8. The van der Waals surface area contributed by atoms with Gasteiger partial charge in [-0.15, -0.1) is 0 Å². The van der Waals surface area contributed by atoms with E-state index in [0.29, 0.717) is 25.3 Å². The Morgan fingerprint density at radius 2 is 2.22 bits per heavy atom. The highest BCUT2D eigenvalue weighted by molar-refractivity contribution is 6.39. The highest BCUT2D eigenvalue weighted by atomic mass is 16.7. The van der Waals surface area contributed by atoms with Crippen LogP contribution in [0.4, 0.5) is 0 Å². The summed E-state index contributed by atoms with van der Waals surface area (Å²) in [5, 5.41) is 3.74. The zero-order valence-corrected chi connectivity index (χ0v) is 10.5. The van der Waals surface area contributed by atoms with Crippen LogP contribution >= 0.6 is 0 Å². The molecule has 0 N–H and O–H groups in total. The number of Topliss-reactive ketones (excluding diaryl/α,β-unsaturated/α-hetero) is 1. The van der Waals surface area contributed by atoms with Gasteiger partial charge in [0.15, 0.2) is 11.9 Å². The number of rotatable bonds is 6. The molecule has 0 fully saturated rings. The van der Waals surface area contributed by atoms with Crippen molar-refractivity contribution in [3.63, 3.8) is 0 Å². The molecule has 1 aromatic rings. The average Bonchev–Trinajstić information content (AvgIpc) is 2.85. The first-order valence-corrected chi connectivity index (χ1v) is 6.11. The molecule has 2 rings (SSSR count). The topological polar surface area (TPSA) is 47.9 Å². The lowest BCUT2D eigenvalue weighted by Gasteiger charge is -2.08. The Morgan fingerprint density at radius 3 is 2.89 bits per heavy atom. The SMILES string of the molecule is CC(=O)C1=NOC(COCCc2ccccc2)C1. The number of hydrogen-bond acceptors (Lipinski definition) is 4. The smallest absolute Gasteiger partial charge is 0.177 e. The lowest BCUT2D eigenvalue weighted by molar-refractivity contribution is -0.111. The summed E-state index contributed by atoms with van der Waals surface area (Å²) in [5.41, 5.74) is 1.76. The van der Waals surface area contributed by atoms with Gasteiger partial charge in [-0.1, -0.05) is 35.5 Å². The molecule has 0 spiro atoms. The molecule has 4 nitrogen and oxygen atoms in total. The van der Waals surface area contributed by atoms with Crippen molar-refractivity contribution in [2.24, 2.45) is 5.16 Å². The summed E-state index contributed by atoms with van der Waals surface area (Å²) in [4.78, 5) is 16.2. The normalized spacial score (nSPS) is 18.3. The standard InChI is InChI=1S/C14H17NO3/c1-11(16)14-9-13(18-15-14)10-17-8-7-12-5-3-2-4-6-12/h2-6,13H,7-10H2,1H3. The molecule has 4 heteroatoms. The maximum absolute atomic E-state index is 11.1. The van der Waals surface area contributed by atoms with E-state index in [2.05, 4.69) is 17.3 Å². The third-order valence-corrected chi connectivity index (χ3v) is 2.82. The van der Waals surface area contributed by atoms with Crippen LogP contribution < -0.4 is 0 Å². The van der Waals surface area contributed by atoms with Gasteiger partial charge in [0, 0.05) is 13.3 Å². The van der Waals surface area contributed by atoms with Crippen LogP contribution in [-0.4, -0.2) is 30.8 Å². The highest BCUT2D eigenvalue weighted by Gasteiger charge is 2.23. The molecule has 0 amide bonds. The van der Waals surface area contributed by atoms with E-state index in [9.17, 15) is 4.79 Å². The molecule has 1 aliphatic heterocycles. The van der Waals surface area contributed by atoms with Crippen LogP contribution in [0.15, 0.2) is 35.5 Å². The summed E-state index contributed by atoms with van der Waals surface area (Å²) >= 11 is 0. The van der Waals surface area contributed by atoms with Crippen molar-refractivity contribution in [1.29, 1.82) is 0 Å². The predicted molar refractivity (Wildman–Crippen MR) is 68.6 cm³/mol. The summed E-state index contributed by atoms with van der Waals surface area (Å²) in [6, 6.07) is 10.2. The van der Waals surface area contributed by atoms with Gasteiger partial charge >= 0.3 is 0 Å². The third kappa shape index (κ3) is 3.67. The van der Waals surface area contributed by atoms with Gasteiger partial charge in [0.05, 0.1) is 13.2 Å². The molecule has 1 aromatic carbocycles. The fourth-order valence-corrected chi connectivity index (χ4v) is 1.78. The van der Waals surface area contributed by atoms with Crippen molar-refractivity contribution in [1.82, 2.24) is 0 Å². The number of ketones is 1. The highest BCUT2D eigenvalue weighted by Crippen LogP contribution is 2.11. The van der Waals surface area contributed by atoms with Crippen molar-refractivity contribution in [3.05, 3.63) is 35.9 Å². The van der Waals surface area contributed by atoms with E-state index in [1.54, 1.807) is 0 Å². The predicted octanol–water partition coefficient (Wildman–Crippen LogP) is 1.98. The molecule has 1 aliphatic rings. The van der Waals surface area contributed by atoms with Crippen molar-refractivity contribution < 1.29 is 14.4 Å². The van der Waals surface area contributed by atoms with Crippen molar-refractivity contribution >= 4 is 11.5 Å². The van der Waals surface area contributed by atoms with Gasteiger partial charge in [-0.2, -0.15) is 0 Å². The van der Waals surface area contributed by atoms with Crippen LogP contribution in [0.5, 0.6) is 0 Å². The Bertz CT molecular complexity index is 428. The van der Waals surface area contributed by atoms with Gasteiger partial charge in [-0.25, -0.2) is 0 Å². The second-order valence-corrected chi connectivity index (χ2v) is 4.34. The zero-order chi connectivity index (χ0) is 12.8. The van der Waals surface area contributed by atoms with Crippen LogP contribution in [-0.2, 0) is 20.8 Å². The summed E-state index contributed by atoms with van der Waals surface area (Å²) in [5.74, 6) is -0.0261. The monoisotopic (exact) mass is 247 g/mol. The van der Waals surface area contributed by atoms with Gasteiger partial charge in [-0.3, -0.25) is 4.79 Å². The molecule has 0 saturated heterocycles. The Balaban J connectivity index is 1.62. The molecule has 0 bridgehead atoms. The lowest BCUT2D eigenvalue weighted by Crippen LogP contribution is -2.18. The molecule has 18 heavy (non-hydrogen) atoms. The van der Waals surface area contributed by atoms with E-state index in [1.807, 2.05) is 18.2 Å². The van der Waals surface area contributed by atoms with Crippen LogP contribution in [0.1, 0.15) is 18.9 Å². The van der Waals surface area contributed by atoms with E-state index < -0.39 is 0 Å². The molecule has 1 unspecified atom stereocenters. The minimum atomic E-state index is -0.111. The number of carbonyl (C=O) groups is 1. The molecular formula is C14H17NO3. The maximum atomic E-state index is 11.1. The van der Waals surface area contributed by atoms with E-state index >= 15 is 0 Å². The molecule has 0 saturated carbocycles. The first-order chi connectivity index (χ1) is 8.75. The summed E-state index contributed by atoms with van der Waals surface area (Å²) in [6.45, 7) is 2.63. The van der Waals surface area contributed by atoms with Gasteiger partial charge in [0.25, 0.3) is 0 Å². The van der Waals surface area contributed by atoms with Crippen LogP contribution in [0.25, 0.3) is 0 Å². The van der Waals surface area contributed by atoms with E-state index in [0.717, 1.165) is 6.42 Å². The first-order valence-electron chi connectivity index (χ1n) is 6.11. The van der Waals surface area contributed by atoms with Crippen molar-refractivity contribution in [2.45, 2.75) is 25.9 Å². The largest absolute Gasteiger partial charge is 0.389 e. The number of benzene rings is 1. The number of ether oxygens (including phenoxy) is 1. The van der Waals surface area contributed by atoms with Crippen LogP contribution in [0.2, 0.25) is 0 Å². The second-order valence-electron chi connectivity index (χ2n) is 4.34. The quantitative estimate of drug-likeness (QED) is 0.722. The maximum Gasteiger partial charge on any atom is 0.177 e. The third-order valence-electron chi connectivity index (χ3n) is 2.82. The summed E-state index contributed by atoms with van der Waals surface area (Å²) in [7, 11) is 0. The Hall–Kier alpha value is -1.68. The second kappa shape index (κ2) is 6.31. The molecule has 0 aromatic heterocycles. The average molecular weight is 247 g/mol. The minimum absolute atomic E-state index is 0.0261. The van der Waals surface area contributed by atoms with Gasteiger partial charge in [0.1, 0.15) is 5.71 Å². The molecule has 1 heterocycles. The van der Waals surface area contributed by atoms with Crippen LogP contribution in [0.3, 0.4) is 0 Å². The van der Waals surface area contributed by atoms with Gasteiger partial charge < -0.3 is 9.57 Å². The molecule has 0 aliphatic carbocycles. The fraction of sp³-hybridized carbons (Fsp3) is 0.429. The lowest BCUT2D eigenvalue weighted by atomic mass is 10.1. The Kier molecular flexibility index (Phi) is 4.47. The van der Waals surface area contributed by atoms with E-state index in [-0.39, 0.29) is 11.9 Å². The zero-order valence-electron chi connectivity index (χ0n) is 10.5. The van der Waals surface area contributed by atoms with Crippen LogP contribution in [0, 0.1) is 0 Å². The summed E-state index contributed by atoms with van der Waals surface area (Å²) in [6.07, 6.45) is 1.33. The van der Waals surface area contributed by atoms with E-state index in [4.69, 9.17) is 9.57 Å². The fourth-order valence-electron chi connectivity index (χ4n) is 1.78. The van der Waals surface area contributed by atoms with Crippen molar-refractivity contribution in [3.8, 4) is 0 Å².